The summed E-state index contributed by atoms with van der Waals surface area (Å²) in [5.74, 6) is 0.660. The molecule has 0 aliphatic carbocycles. The predicted octanol–water partition coefficient (Wildman–Crippen LogP) is 3.24. The number of hydrogen-bond donors (Lipinski definition) is 2. The number of benzene rings is 2. The smallest absolute Gasteiger partial charge is 0.246 e. The number of carbonyl (C=O) groups is 1. The summed E-state index contributed by atoms with van der Waals surface area (Å²) in [4.78, 5) is 19.6. The second-order valence-electron chi connectivity index (χ2n) is 6.20. The maximum absolute atomic E-state index is 11.7. The Kier molecular flexibility index (Phi) is 3.55. The van der Waals surface area contributed by atoms with Gasteiger partial charge in [-0.2, -0.15) is 0 Å². The van der Waals surface area contributed by atoms with Gasteiger partial charge < -0.3 is 15.0 Å². The van der Waals surface area contributed by atoms with E-state index in [4.69, 9.17) is 16.3 Å². The summed E-state index contributed by atoms with van der Waals surface area (Å²) in [7, 11) is 0. The zero-order valence-electron chi connectivity index (χ0n) is 13.1. The van der Waals surface area contributed by atoms with Gasteiger partial charge in [-0.15, -0.1) is 0 Å². The Hall–Kier alpha value is -2.37. The molecular formula is C18H16ClN3O2. The number of H-pyrrole nitrogens is 1. The summed E-state index contributed by atoms with van der Waals surface area (Å²) in [5.41, 5.74) is 3.14. The van der Waals surface area contributed by atoms with Gasteiger partial charge in [0.05, 0.1) is 23.2 Å². The molecule has 1 amide bonds. The van der Waals surface area contributed by atoms with Crippen molar-refractivity contribution >= 4 is 28.5 Å². The third-order valence-corrected chi connectivity index (χ3v) is 4.49. The first-order chi connectivity index (χ1) is 11.5. The van der Waals surface area contributed by atoms with Crippen LogP contribution in [0.4, 0.5) is 0 Å². The van der Waals surface area contributed by atoms with Gasteiger partial charge in [0, 0.05) is 10.6 Å². The number of ether oxygens (including phenoxy) is 1. The van der Waals surface area contributed by atoms with E-state index in [1.807, 2.05) is 49.4 Å². The van der Waals surface area contributed by atoms with Gasteiger partial charge in [0.15, 0.2) is 0 Å². The molecular weight excluding hydrogens is 326 g/mol. The first-order valence-electron chi connectivity index (χ1n) is 7.68. The Morgan fingerprint density at radius 2 is 2.12 bits per heavy atom. The Labute approximate surface area is 144 Å². The lowest BCUT2D eigenvalue weighted by molar-refractivity contribution is -0.135. The van der Waals surface area contributed by atoms with Crippen molar-refractivity contribution in [2.24, 2.45) is 0 Å². The molecule has 1 unspecified atom stereocenters. The summed E-state index contributed by atoms with van der Waals surface area (Å²) in [6.45, 7) is 2.51. The Balaban J connectivity index is 1.75. The summed E-state index contributed by atoms with van der Waals surface area (Å²) >= 11 is 6.03. The third-order valence-electron chi connectivity index (χ3n) is 4.26. The topological polar surface area (TPSA) is 67.0 Å². The van der Waals surface area contributed by atoms with E-state index in [0.29, 0.717) is 11.6 Å². The van der Waals surface area contributed by atoms with Crippen LogP contribution in [-0.2, 0) is 15.1 Å². The van der Waals surface area contributed by atoms with Crippen LogP contribution < -0.4 is 5.32 Å². The van der Waals surface area contributed by atoms with Crippen LogP contribution in [0.1, 0.15) is 12.5 Å². The molecule has 1 aliphatic heterocycles. The molecule has 1 saturated heterocycles. The van der Waals surface area contributed by atoms with Crippen LogP contribution in [0.25, 0.3) is 22.4 Å². The van der Waals surface area contributed by atoms with Crippen LogP contribution in [-0.4, -0.2) is 29.1 Å². The highest BCUT2D eigenvalue weighted by Crippen LogP contribution is 2.28. The molecule has 0 spiro atoms. The molecule has 24 heavy (non-hydrogen) atoms. The molecule has 2 heterocycles. The number of halogens is 1. The van der Waals surface area contributed by atoms with Crippen molar-refractivity contribution in [1.82, 2.24) is 15.3 Å². The van der Waals surface area contributed by atoms with Gasteiger partial charge in [0.1, 0.15) is 12.4 Å². The molecule has 5 nitrogen and oxygen atoms in total. The van der Waals surface area contributed by atoms with Gasteiger partial charge in [0.2, 0.25) is 5.91 Å². The van der Waals surface area contributed by atoms with Crippen molar-refractivity contribution in [3.8, 4) is 11.4 Å². The number of rotatable bonds is 2. The minimum absolute atomic E-state index is 0.104. The molecule has 6 heteroatoms. The number of nitrogens with zero attached hydrogens (tertiary/aromatic N) is 1. The molecule has 0 radical (unpaired) electrons. The largest absolute Gasteiger partial charge is 0.369 e. The molecule has 3 aromatic rings. The summed E-state index contributed by atoms with van der Waals surface area (Å²) in [5, 5.41) is 3.68. The average molecular weight is 342 g/mol. The Morgan fingerprint density at radius 3 is 2.96 bits per heavy atom. The number of aromatic amines is 1. The molecule has 4 rings (SSSR count). The third kappa shape index (κ3) is 2.66. The van der Waals surface area contributed by atoms with Gasteiger partial charge in [-0.3, -0.25) is 4.79 Å². The number of carbonyl (C=O) groups excluding carboxylic acids is 1. The fourth-order valence-corrected chi connectivity index (χ4v) is 3.18. The molecule has 1 atom stereocenters. The normalized spacial score (nSPS) is 21.0. The van der Waals surface area contributed by atoms with Crippen LogP contribution in [0.15, 0.2) is 42.5 Å². The molecule has 1 aliphatic rings. The summed E-state index contributed by atoms with van der Waals surface area (Å²) in [6, 6.07) is 13.5. The van der Waals surface area contributed by atoms with Crippen LogP contribution in [0, 0.1) is 0 Å². The van der Waals surface area contributed by atoms with Gasteiger partial charge in [-0.05, 0) is 36.8 Å². The highest BCUT2D eigenvalue weighted by atomic mass is 35.5. The molecule has 0 saturated carbocycles. The zero-order chi connectivity index (χ0) is 16.7. The standard InChI is InChI=1S/C18H16ClN3O2/c1-18(10-24-9-16(23)22-18)12-4-2-3-11(7-12)17-20-14-6-5-13(19)8-15(14)21-17/h2-8H,9-10H2,1H3,(H,20,21)(H,22,23). The highest BCUT2D eigenvalue weighted by Gasteiger charge is 2.33. The van der Waals surface area contributed by atoms with Crippen molar-refractivity contribution in [3.05, 3.63) is 53.1 Å². The van der Waals surface area contributed by atoms with Crippen molar-refractivity contribution in [2.45, 2.75) is 12.5 Å². The molecule has 1 aromatic heterocycles. The first kappa shape index (κ1) is 15.2. The maximum Gasteiger partial charge on any atom is 0.246 e. The van der Waals surface area contributed by atoms with Gasteiger partial charge >= 0.3 is 0 Å². The second kappa shape index (κ2) is 5.61. The second-order valence-corrected chi connectivity index (χ2v) is 6.64. The van der Waals surface area contributed by atoms with Gasteiger partial charge in [-0.25, -0.2) is 4.98 Å². The van der Waals surface area contributed by atoms with Gasteiger partial charge in [0.25, 0.3) is 0 Å². The van der Waals surface area contributed by atoms with Crippen LogP contribution >= 0.6 is 11.6 Å². The van der Waals surface area contributed by atoms with Crippen LogP contribution in [0.5, 0.6) is 0 Å². The minimum atomic E-state index is -0.541. The van der Waals surface area contributed by atoms with E-state index < -0.39 is 5.54 Å². The Morgan fingerprint density at radius 1 is 1.25 bits per heavy atom. The number of morpholine rings is 1. The lowest BCUT2D eigenvalue weighted by atomic mass is 9.90. The predicted molar refractivity (Wildman–Crippen MR) is 92.9 cm³/mol. The number of nitrogens with one attached hydrogen (secondary N) is 2. The van der Waals surface area contributed by atoms with E-state index in [9.17, 15) is 4.79 Å². The van der Waals surface area contributed by atoms with E-state index in [2.05, 4.69) is 15.3 Å². The molecule has 122 valence electrons. The van der Waals surface area contributed by atoms with E-state index in [1.54, 1.807) is 0 Å². The van der Waals surface area contributed by atoms with E-state index in [-0.39, 0.29) is 12.5 Å². The van der Waals surface area contributed by atoms with E-state index in [1.165, 1.54) is 0 Å². The molecule has 2 N–H and O–H groups in total. The van der Waals surface area contributed by atoms with Crippen molar-refractivity contribution in [1.29, 1.82) is 0 Å². The van der Waals surface area contributed by atoms with E-state index >= 15 is 0 Å². The quantitative estimate of drug-likeness (QED) is 0.752. The number of aromatic nitrogens is 2. The van der Waals surface area contributed by atoms with Crippen molar-refractivity contribution in [2.75, 3.05) is 13.2 Å². The number of fused-ring (bicyclic) bond motifs is 1. The molecule has 0 bridgehead atoms. The lowest BCUT2D eigenvalue weighted by Crippen LogP contribution is -2.52. The fraction of sp³-hybridized carbons (Fsp3) is 0.222. The monoisotopic (exact) mass is 341 g/mol. The fourth-order valence-electron chi connectivity index (χ4n) is 3.01. The number of imidazole rings is 1. The molecule has 1 fully saturated rings. The van der Waals surface area contributed by atoms with Crippen LogP contribution in [0.3, 0.4) is 0 Å². The highest BCUT2D eigenvalue weighted by molar-refractivity contribution is 6.31. The summed E-state index contributed by atoms with van der Waals surface area (Å²) in [6.07, 6.45) is 0. The lowest BCUT2D eigenvalue weighted by Gasteiger charge is -2.35. The molecule has 2 aromatic carbocycles. The first-order valence-corrected chi connectivity index (χ1v) is 8.06. The summed E-state index contributed by atoms with van der Waals surface area (Å²) < 4.78 is 5.41. The Bertz CT molecular complexity index is 937. The minimum Gasteiger partial charge on any atom is -0.369 e. The maximum atomic E-state index is 11.7. The SMILES string of the molecule is CC1(c2cccc(-c3nc4ccc(Cl)cc4[nH]3)c2)COCC(=O)N1. The van der Waals surface area contributed by atoms with Crippen molar-refractivity contribution < 1.29 is 9.53 Å². The van der Waals surface area contributed by atoms with Crippen molar-refractivity contribution in [3.63, 3.8) is 0 Å². The van der Waals surface area contributed by atoms with Crippen LogP contribution in [0.2, 0.25) is 5.02 Å². The zero-order valence-corrected chi connectivity index (χ0v) is 13.9. The van der Waals surface area contributed by atoms with E-state index in [0.717, 1.165) is 28.0 Å². The number of hydrogen-bond acceptors (Lipinski definition) is 3. The number of amides is 1. The van der Waals surface area contributed by atoms with Gasteiger partial charge in [-0.1, -0.05) is 29.8 Å². The average Bonchev–Trinajstić information content (AvgIpc) is 2.98.